The third-order valence-electron chi connectivity index (χ3n) is 4.47. The van der Waals surface area contributed by atoms with E-state index in [2.05, 4.69) is 5.32 Å². The zero-order valence-electron chi connectivity index (χ0n) is 12.2. The van der Waals surface area contributed by atoms with Crippen molar-refractivity contribution in [2.45, 2.75) is 52.4 Å². The minimum absolute atomic E-state index is 0. The highest BCUT2D eigenvalue weighted by atomic mass is 35.5. The number of amides is 1. The molecule has 134 valence electrons. The number of benzene rings is 1. The van der Waals surface area contributed by atoms with Crippen molar-refractivity contribution in [2.75, 3.05) is 0 Å². The van der Waals surface area contributed by atoms with E-state index in [-0.39, 0.29) is 46.2 Å². The third-order valence-corrected chi connectivity index (χ3v) is 6.06. The second-order valence-electron chi connectivity index (χ2n) is 5.42. The van der Waals surface area contributed by atoms with E-state index in [1.807, 2.05) is 45.0 Å². The van der Waals surface area contributed by atoms with Crippen molar-refractivity contribution in [1.82, 2.24) is 5.32 Å². The molecule has 1 aliphatic carbocycles. The quantitative estimate of drug-likeness (QED) is 0.606. The molecule has 0 aromatic heterocycles. The molecule has 0 aliphatic heterocycles. The Morgan fingerprint density at radius 3 is 2.04 bits per heavy atom. The first-order valence-electron chi connectivity index (χ1n) is 6.71. The molecule has 0 heterocycles. The van der Waals surface area contributed by atoms with E-state index in [0.717, 1.165) is 5.56 Å². The Kier molecular flexibility index (Phi) is 9.67. The molecule has 2 rings (SSSR count). The van der Waals surface area contributed by atoms with Gasteiger partial charge in [0, 0.05) is 10.9 Å². The third kappa shape index (κ3) is 4.12. The summed E-state index contributed by atoms with van der Waals surface area (Å²) in [7, 11) is 0. The predicted molar refractivity (Wildman–Crippen MR) is 108 cm³/mol. The van der Waals surface area contributed by atoms with Gasteiger partial charge in [0.05, 0.1) is 11.5 Å². The Bertz CT molecular complexity index is 521. The Hall–Kier alpha value is -0.0900. The lowest BCUT2D eigenvalue weighted by Crippen LogP contribution is -2.36. The highest BCUT2D eigenvalue weighted by Gasteiger charge is 2.76. The van der Waals surface area contributed by atoms with E-state index < -0.39 is 9.75 Å². The first kappa shape index (κ1) is 25.2. The van der Waals surface area contributed by atoms with Gasteiger partial charge in [-0.15, -0.1) is 23.2 Å². The van der Waals surface area contributed by atoms with Gasteiger partial charge in [0.2, 0.25) is 5.91 Å². The summed E-state index contributed by atoms with van der Waals surface area (Å²) in [5.74, 6) is -0.124. The second kappa shape index (κ2) is 8.84. The molecule has 1 aromatic rings. The molecule has 1 aliphatic rings. The van der Waals surface area contributed by atoms with Crippen LogP contribution in [0, 0.1) is 11.3 Å². The van der Waals surface area contributed by atoms with Crippen molar-refractivity contribution in [3.8, 4) is 0 Å². The SMILES string of the molecule is C.C.CC[C@@]1(C(=O)NC(C)c2ccc(Cl)cc2)[C@@H](C)C1(Cl)Cl.S. The first-order valence-corrected chi connectivity index (χ1v) is 7.85. The van der Waals surface area contributed by atoms with Gasteiger partial charge in [0.15, 0.2) is 0 Å². The van der Waals surface area contributed by atoms with Gasteiger partial charge in [-0.25, -0.2) is 0 Å². The average Bonchev–Trinajstić information content (AvgIpc) is 2.84. The minimum atomic E-state index is -0.967. The van der Waals surface area contributed by atoms with Crippen molar-refractivity contribution in [2.24, 2.45) is 11.3 Å². The number of halogens is 3. The molecule has 6 heteroatoms. The molecule has 1 N–H and O–H groups in total. The van der Waals surface area contributed by atoms with Crippen molar-refractivity contribution >= 4 is 54.2 Å². The summed E-state index contributed by atoms with van der Waals surface area (Å²) in [4.78, 5) is 12.5. The van der Waals surface area contributed by atoms with E-state index in [9.17, 15) is 4.79 Å². The Morgan fingerprint density at radius 2 is 1.70 bits per heavy atom. The minimum Gasteiger partial charge on any atom is -0.349 e. The molecule has 0 spiro atoms. The predicted octanol–water partition coefficient (Wildman–Crippen LogP) is 6.12. The maximum absolute atomic E-state index is 12.5. The molecule has 1 fully saturated rings. The van der Waals surface area contributed by atoms with Crippen LogP contribution in [0.3, 0.4) is 0 Å². The Morgan fingerprint density at radius 1 is 1.26 bits per heavy atom. The summed E-state index contributed by atoms with van der Waals surface area (Å²) in [6, 6.07) is 7.30. The zero-order chi connectivity index (χ0) is 15.1. The van der Waals surface area contributed by atoms with Gasteiger partial charge in [0.1, 0.15) is 4.33 Å². The van der Waals surface area contributed by atoms with Gasteiger partial charge in [0.25, 0.3) is 0 Å². The fourth-order valence-electron chi connectivity index (χ4n) is 2.85. The van der Waals surface area contributed by atoms with Crippen LogP contribution in [0.1, 0.15) is 53.7 Å². The molecule has 1 saturated carbocycles. The molecule has 3 atom stereocenters. The van der Waals surface area contributed by atoms with Crippen LogP contribution in [0.4, 0.5) is 0 Å². The number of hydrogen-bond donors (Lipinski definition) is 1. The lowest BCUT2D eigenvalue weighted by atomic mass is 9.98. The number of alkyl halides is 2. The average molecular weight is 401 g/mol. The smallest absolute Gasteiger partial charge is 0.230 e. The molecule has 1 unspecified atom stereocenters. The van der Waals surface area contributed by atoms with Crippen LogP contribution in [0.5, 0.6) is 0 Å². The standard InChI is InChI=1S/C15H18Cl3NO.2CH4.H2S/c1-4-14(10(3)15(14,17)18)13(20)19-9(2)11-5-7-12(16)8-6-11;;;/h5-10H,4H2,1-3H3,(H,19,20);2*1H4;1H2/t9?,10-,14+;;;/m1.../s1. The number of carbonyl (C=O) groups excluding carboxylic acids is 1. The van der Waals surface area contributed by atoms with Crippen molar-refractivity contribution in [1.29, 1.82) is 0 Å². The summed E-state index contributed by atoms with van der Waals surface area (Å²) in [5, 5.41) is 3.68. The van der Waals surface area contributed by atoms with Crippen LogP contribution in [0.2, 0.25) is 5.02 Å². The van der Waals surface area contributed by atoms with E-state index in [4.69, 9.17) is 34.8 Å². The summed E-state index contributed by atoms with van der Waals surface area (Å²) in [6.07, 6.45) is 0.625. The largest absolute Gasteiger partial charge is 0.349 e. The van der Waals surface area contributed by atoms with Gasteiger partial charge in [-0.05, 0) is 31.0 Å². The molecule has 0 saturated heterocycles. The lowest BCUT2D eigenvalue weighted by molar-refractivity contribution is -0.127. The van der Waals surface area contributed by atoms with Crippen LogP contribution in [-0.2, 0) is 4.79 Å². The van der Waals surface area contributed by atoms with E-state index >= 15 is 0 Å². The first-order chi connectivity index (χ1) is 9.27. The monoisotopic (exact) mass is 399 g/mol. The van der Waals surface area contributed by atoms with Crippen LogP contribution < -0.4 is 5.32 Å². The van der Waals surface area contributed by atoms with Crippen LogP contribution in [-0.4, -0.2) is 10.2 Å². The van der Waals surface area contributed by atoms with Crippen LogP contribution >= 0.6 is 48.3 Å². The maximum atomic E-state index is 12.5. The van der Waals surface area contributed by atoms with E-state index in [0.29, 0.717) is 11.4 Å². The number of rotatable bonds is 4. The lowest BCUT2D eigenvalue weighted by Gasteiger charge is -2.20. The van der Waals surface area contributed by atoms with Gasteiger partial charge < -0.3 is 5.32 Å². The molecule has 0 bridgehead atoms. The molecule has 2 nitrogen and oxygen atoms in total. The van der Waals surface area contributed by atoms with Gasteiger partial charge in [-0.3, -0.25) is 4.79 Å². The molecular formula is C17H28Cl3NOS. The fourth-order valence-corrected chi connectivity index (χ4v) is 4.01. The maximum Gasteiger partial charge on any atom is 0.230 e. The number of nitrogens with one attached hydrogen (secondary N) is 1. The summed E-state index contributed by atoms with van der Waals surface area (Å²) in [6.45, 7) is 5.78. The van der Waals surface area contributed by atoms with Crippen LogP contribution in [0.15, 0.2) is 24.3 Å². The zero-order valence-corrected chi connectivity index (χ0v) is 15.5. The fraction of sp³-hybridized carbons (Fsp3) is 0.588. The van der Waals surface area contributed by atoms with E-state index in [1.165, 1.54) is 0 Å². The van der Waals surface area contributed by atoms with E-state index in [1.54, 1.807) is 0 Å². The summed E-state index contributed by atoms with van der Waals surface area (Å²) < 4.78 is -0.967. The van der Waals surface area contributed by atoms with Crippen molar-refractivity contribution in [3.05, 3.63) is 34.9 Å². The Labute approximate surface area is 162 Å². The molecule has 1 aromatic carbocycles. The molecule has 1 amide bonds. The highest BCUT2D eigenvalue weighted by Crippen LogP contribution is 2.70. The molecular weight excluding hydrogens is 373 g/mol. The van der Waals surface area contributed by atoms with Crippen molar-refractivity contribution in [3.63, 3.8) is 0 Å². The molecule has 23 heavy (non-hydrogen) atoms. The van der Waals surface area contributed by atoms with Crippen molar-refractivity contribution < 1.29 is 4.79 Å². The second-order valence-corrected chi connectivity index (χ2v) is 7.24. The van der Waals surface area contributed by atoms with Gasteiger partial charge in [-0.1, -0.05) is 52.4 Å². The molecule has 0 radical (unpaired) electrons. The summed E-state index contributed by atoms with van der Waals surface area (Å²) >= 11 is 18.4. The normalized spacial score (nSPS) is 25.0. The number of hydrogen-bond acceptors (Lipinski definition) is 1. The number of carbonyl (C=O) groups is 1. The highest BCUT2D eigenvalue weighted by molar-refractivity contribution is 7.59. The van der Waals surface area contributed by atoms with Crippen LogP contribution in [0.25, 0.3) is 0 Å². The summed E-state index contributed by atoms with van der Waals surface area (Å²) in [5.41, 5.74) is 0.314. The Balaban J connectivity index is 0. The van der Waals surface area contributed by atoms with Gasteiger partial charge >= 0.3 is 0 Å². The topological polar surface area (TPSA) is 29.1 Å². The van der Waals surface area contributed by atoms with Gasteiger partial charge in [-0.2, -0.15) is 13.5 Å².